The maximum absolute atomic E-state index is 13.5. The van der Waals surface area contributed by atoms with Crippen molar-refractivity contribution in [2.45, 2.75) is 31.3 Å². The van der Waals surface area contributed by atoms with E-state index < -0.39 is 5.82 Å². The molecule has 108 valence electrons. The second-order valence-corrected chi connectivity index (χ2v) is 6.57. The number of H-pyrrole nitrogens is 1. The summed E-state index contributed by atoms with van der Waals surface area (Å²) in [5, 5.41) is 0.132. The first-order valence-corrected chi connectivity index (χ1v) is 7.47. The van der Waals surface area contributed by atoms with Crippen molar-refractivity contribution < 1.29 is 4.39 Å². The van der Waals surface area contributed by atoms with Crippen molar-refractivity contribution in [1.82, 2.24) is 14.5 Å². The predicted octanol–water partition coefficient (Wildman–Crippen LogP) is 3.98. The minimum atomic E-state index is -0.423. The number of imidazole rings is 1. The van der Waals surface area contributed by atoms with E-state index in [0.29, 0.717) is 10.3 Å². The third kappa shape index (κ3) is 2.08. The summed E-state index contributed by atoms with van der Waals surface area (Å²) in [6, 6.07) is 3.06. The van der Waals surface area contributed by atoms with Gasteiger partial charge in [-0.25, -0.2) is 4.39 Å². The molecule has 1 heterocycles. The number of benzene rings is 1. The molecule has 20 heavy (non-hydrogen) atoms. The Morgan fingerprint density at radius 2 is 2.15 bits per heavy atom. The maximum Gasteiger partial charge on any atom is 0.178 e. The summed E-state index contributed by atoms with van der Waals surface area (Å²) in [5.41, 5.74) is 1.72. The number of fused-ring (bicyclic) bond motifs is 1. The minimum Gasteiger partial charge on any atom is -0.330 e. The summed E-state index contributed by atoms with van der Waals surface area (Å²) in [6.45, 7) is 0.806. The lowest BCUT2D eigenvalue weighted by Gasteiger charge is -2.47. The van der Waals surface area contributed by atoms with Crippen molar-refractivity contribution >= 4 is 34.9 Å². The van der Waals surface area contributed by atoms with E-state index in [1.54, 1.807) is 6.07 Å². The normalized spacial score (nSPS) is 17.6. The number of halogens is 2. The molecule has 2 aromatic rings. The molecule has 3 nitrogen and oxygen atoms in total. The molecule has 0 bridgehead atoms. The molecule has 1 aromatic heterocycles. The van der Waals surface area contributed by atoms with Gasteiger partial charge in [0, 0.05) is 18.2 Å². The fraction of sp³-hybridized carbons (Fsp3) is 0.500. The molecule has 3 rings (SSSR count). The first kappa shape index (κ1) is 14.0. The summed E-state index contributed by atoms with van der Waals surface area (Å²) in [5.74, 6) is -0.423. The van der Waals surface area contributed by atoms with Crippen LogP contribution in [0.1, 0.15) is 19.3 Å². The van der Waals surface area contributed by atoms with Crippen LogP contribution in [0.25, 0.3) is 11.0 Å². The lowest BCUT2D eigenvalue weighted by molar-refractivity contribution is 0.0431. The average Bonchev–Trinajstić information content (AvgIpc) is 2.60. The number of rotatable bonds is 3. The highest BCUT2D eigenvalue weighted by molar-refractivity contribution is 7.71. The second kappa shape index (κ2) is 4.83. The molecule has 1 aliphatic rings. The van der Waals surface area contributed by atoms with E-state index in [2.05, 4.69) is 24.0 Å². The summed E-state index contributed by atoms with van der Waals surface area (Å²) in [4.78, 5) is 5.33. The Labute approximate surface area is 127 Å². The zero-order valence-corrected chi connectivity index (χ0v) is 13.1. The SMILES string of the molecule is CN(C)C1(Cn2c(=S)[nH]c3cc(F)c(Cl)cc32)CCC1. The molecule has 1 saturated carbocycles. The van der Waals surface area contributed by atoms with Crippen LogP contribution in [0.4, 0.5) is 4.39 Å². The zero-order chi connectivity index (χ0) is 14.5. The van der Waals surface area contributed by atoms with Crippen LogP contribution in [0.3, 0.4) is 0 Å². The molecule has 0 aliphatic heterocycles. The Bertz CT molecular complexity index is 715. The van der Waals surface area contributed by atoms with Gasteiger partial charge in [0.25, 0.3) is 0 Å². The Morgan fingerprint density at radius 3 is 2.70 bits per heavy atom. The highest BCUT2D eigenvalue weighted by atomic mass is 35.5. The van der Waals surface area contributed by atoms with Gasteiger partial charge in [-0.2, -0.15) is 0 Å². The molecule has 0 atom stereocenters. The fourth-order valence-electron chi connectivity index (χ4n) is 2.93. The van der Waals surface area contributed by atoms with Gasteiger partial charge in [0.2, 0.25) is 0 Å². The molecule has 0 spiro atoms. The fourth-order valence-corrected chi connectivity index (χ4v) is 3.37. The Balaban J connectivity index is 2.10. The first-order chi connectivity index (χ1) is 9.43. The van der Waals surface area contributed by atoms with Crippen LogP contribution in [0.15, 0.2) is 12.1 Å². The number of hydrogen-bond acceptors (Lipinski definition) is 2. The average molecular weight is 314 g/mol. The smallest absolute Gasteiger partial charge is 0.178 e. The predicted molar refractivity (Wildman–Crippen MR) is 82.4 cm³/mol. The molecule has 1 aliphatic carbocycles. The van der Waals surface area contributed by atoms with E-state index >= 15 is 0 Å². The van der Waals surface area contributed by atoms with Gasteiger partial charge in [-0.3, -0.25) is 0 Å². The van der Waals surface area contributed by atoms with Crippen molar-refractivity contribution in [2.75, 3.05) is 14.1 Å². The number of aromatic amines is 1. The number of likely N-dealkylation sites (N-methyl/N-ethyl adjacent to an activating group) is 1. The van der Waals surface area contributed by atoms with Crippen LogP contribution >= 0.6 is 23.8 Å². The lowest BCUT2D eigenvalue weighted by atomic mass is 9.75. The highest BCUT2D eigenvalue weighted by Crippen LogP contribution is 2.38. The molecule has 0 amide bonds. The number of nitrogens with zero attached hydrogens (tertiary/aromatic N) is 2. The quantitative estimate of drug-likeness (QED) is 0.867. The monoisotopic (exact) mass is 313 g/mol. The van der Waals surface area contributed by atoms with E-state index in [1.807, 2.05) is 4.57 Å². The van der Waals surface area contributed by atoms with E-state index in [4.69, 9.17) is 23.8 Å². The van der Waals surface area contributed by atoms with Gasteiger partial charge in [0.05, 0.1) is 16.1 Å². The molecule has 1 fully saturated rings. The van der Waals surface area contributed by atoms with Crippen molar-refractivity contribution in [3.63, 3.8) is 0 Å². The standard InChI is InChI=1S/C14H17ClFN3S/c1-18(2)14(4-3-5-14)8-19-12-6-9(15)10(16)7-11(12)17-13(19)20/h6-7H,3-5,8H2,1-2H3,(H,17,20). The molecule has 1 aromatic carbocycles. The van der Waals surface area contributed by atoms with Gasteiger partial charge < -0.3 is 14.5 Å². The van der Waals surface area contributed by atoms with Crippen molar-refractivity contribution in [3.8, 4) is 0 Å². The molecule has 0 saturated heterocycles. The van der Waals surface area contributed by atoms with E-state index in [-0.39, 0.29) is 10.6 Å². The highest BCUT2D eigenvalue weighted by Gasteiger charge is 2.39. The molecule has 6 heteroatoms. The van der Waals surface area contributed by atoms with Gasteiger partial charge in [0.15, 0.2) is 4.77 Å². The summed E-state index contributed by atoms with van der Waals surface area (Å²) < 4.78 is 16.2. The van der Waals surface area contributed by atoms with Gasteiger partial charge in [0.1, 0.15) is 5.82 Å². The van der Waals surface area contributed by atoms with Crippen LogP contribution in [0.5, 0.6) is 0 Å². The van der Waals surface area contributed by atoms with Gasteiger partial charge in [-0.05, 0) is 51.6 Å². The van der Waals surface area contributed by atoms with Crippen molar-refractivity contribution in [3.05, 3.63) is 27.7 Å². The summed E-state index contributed by atoms with van der Waals surface area (Å²) >= 11 is 11.3. The number of aromatic nitrogens is 2. The maximum atomic E-state index is 13.5. The van der Waals surface area contributed by atoms with Crippen molar-refractivity contribution in [2.24, 2.45) is 0 Å². The van der Waals surface area contributed by atoms with Gasteiger partial charge in [-0.1, -0.05) is 11.6 Å². The van der Waals surface area contributed by atoms with E-state index in [0.717, 1.165) is 24.9 Å². The molecule has 1 N–H and O–H groups in total. The van der Waals surface area contributed by atoms with Gasteiger partial charge >= 0.3 is 0 Å². The largest absolute Gasteiger partial charge is 0.330 e. The Hall–Kier alpha value is -0.910. The third-order valence-corrected chi connectivity index (χ3v) is 5.11. The van der Waals surface area contributed by atoms with Crippen LogP contribution in [-0.4, -0.2) is 34.1 Å². The van der Waals surface area contributed by atoms with Gasteiger partial charge in [-0.15, -0.1) is 0 Å². The van der Waals surface area contributed by atoms with Crippen LogP contribution in [0.2, 0.25) is 5.02 Å². The third-order valence-electron chi connectivity index (χ3n) is 4.50. The summed E-state index contributed by atoms with van der Waals surface area (Å²) in [7, 11) is 4.20. The van der Waals surface area contributed by atoms with E-state index in [9.17, 15) is 4.39 Å². The lowest BCUT2D eigenvalue weighted by Crippen LogP contribution is -2.53. The second-order valence-electron chi connectivity index (χ2n) is 5.77. The molecular weight excluding hydrogens is 297 g/mol. The molecule has 0 radical (unpaired) electrons. The van der Waals surface area contributed by atoms with Crippen LogP contribution in [0, 0.1) is 10.6 Å². The molecular formula is C14H17ClFN3S. The number of hydrogen-bond donors (Lipinski definition) is 1. The Morgan fingerprint density at radius 1 is 1.45 bits per heavy atom. The topological polar surface area (TPSA) is 24.0 Å². The number of nitrogens with one attached hydrogen (secondary N) is 1. The molecule has 0 unspecified atom stereocenters. The Kier molecular flexibility index (Phi) is 3.39. The first-order valence-electron chi connectivity index (χ1n) is 6.68. The zero-order valence-electron chi connectivity index (χ0n) is 11.5. The summed E-state index contributed by atoms with van der Waals surface area (Å²) in [6.07, 6.45) is 3.55. The van der Waals surface area contributed by atoms with Crippen LogP contribution in [-0.2, 0) is 6.54 Å². The van der Waals surface area contributed by atoms with E-state index in [1.165, 1.54) is 12.5 Å². The van der Waals surface area contributed by atoms with Crippen molar-refractivity contribution in [1.29, 1.82) is 0 Å². The minimum absolute atomic E-state index is 0.132. The van der Waals surface area contributed by atoms with Crippen LogP contribution < -0.4 is 0 Å².